The van der Waals surface area contributed by atoms with Crippen molar-refractivity contribution in [3.05, 3.63) is 99.4 Å². The van der Waals surface area contributed by atoms with Crippen LogP contribution in [0.1, 0.15) is 34.3 Å². The fourth-order valence-corrected chi connectivity index (χ4v) is 5.22. The number of thiophene rings is 1. The van der Waals surface area contributed by atoms with Crippen molar-refractivity contribution < 1.29 is 28.6 Å². The molecule has 1 heterocycles. The Kier molecular flexibility index (Phi) is 6.19. The normalized spacial score (nSPS) is 13.5. The molecule has 1 fully saturated rings. The van der Waals surface area contributed by atoms with E-state index in [4.69, 9.17) is 11.2 Å². The molecule has 0 saturated heterocycles. The van der Waals surface area contributed by atoms with E-state index >= 15 is 0 Å². The zero-order valence-corrected chi connectivity index (χ0v) is 20.0. The Hall–Kier alpha value is -4.55. The molecule has 0 aliphatic heterocycles. The smallest absolute Gasteiger partial charge is 0.319 e. The molecule has 1 aromatic heterocycles. The fourth-order valence-electron chi connectivity index (χ4n) is 3.98. The quantitative estimate of drug-likeness (QED) is 0.0734. The number of halogens is 1. The largest absolute Gasteiger partial charge is 0.426 e. The van der Waals surface area contributed by atoms with E-state index < -0.39 is 22.3 Å². The molecule has 0 bridgehead atoms. The highest BCUT2D eigenvalue weighted by Crippen LogP contribution is 2.47. The molecule has 0 atom stereocenters. The first-order valence-electron chi connectivity index (χ1n) is 11.2. The Morgan fingerprint density at radius 1 is 1.08 bits per heavy atom. The average Bonchev–Trinajstić information content (AvgIpc) is 3.61. The Labute approximate surface area is 214 Å². The summed E-state index contributed by atoms with van der Waals surface area (Å²) in [6.45, 7) is -0.355. The molecule has 0 unspecified atom stereocenters. The van der Waals surface area contributed by atoms with Crippen LogP contribution in [0.3, 0.4) is 0 Å². The maximum Gasteiger partial charge on any atom is 0.319 e. The number of hydrogen-bond acceptors (Lipinski definition) is 7. The Bertz CT molecular complexity index is 1580. The molecular formula is C28H18FNO6S. The van der Waals surface area contributed by atoms with E-state index in [-0.39, 0.29) is 18.1 Å². The minimum atomic E-state index is -1.03. The van der Waals surface area contributed by atoms with E-state index in [9.17, 15) is 24.1 Å². The predicted molar refractivity (Wildman–Crippen MR) is 135 cm³/mol. The van der Waals surface area contributed by atoms with Gasteiger partial charge < -0.3 is 9.57 Å². The van der Waals surface area contributed by atoms with Crippen molar-refractivity contribution >= 4 is 33.2 Å². The lowest BCUT2D eigenvalue weighted by atomic mass is 9.97. The van der Waals surface area contributed by atoms with Gasteiger partial charge in [-0.25, -0.2) is 4.39 Å². The summed E-state index contributed by atoms with van der Waals surface area (Å²) < 4.78 is 19.8. The number of rotatable bonds is 8. The number of terminal acetylenes is 1. The van der Waals surface area contributed by atoms with Crippen LogP contribution in [0.5, 0.6) is 5.75 Å². The van der Waals surface area contributed by atoms with Crippen molar-refractivity contribution in [2.45, 2.75) is 12.8 Å². The van der Waals surface area contributed by atoms with Gasteiger partial charge in [0.2, 0.25) is 0 Å². The van der Waals surface area contributed by atoms with Crippen molar-refractivity contribution in [2.24, 2.45) is 5.41 Å². The van der Waals surface area contributed by atoms with Gasteiger partial charge in [-0.05, 0) is 73.0 Å². The molecule has 0 amide bonds. The number of carbonyl (C=O) groups excluding carboxylic acids is 2. The van der Waals surface area contributed by atoms with Crippen LogP contribution < -0.4 is 4.74 Å². The summed E-state index contributed by atoms with van der Waals surface area (Å²) >= 11 is 1.31. The van der Waals surface area contributed by atoms with Gasteiger partial charge >= 0.3 is 5.97 Å². The highest BCUT2D eigenvalue weighted by atomic mass is 32.1. The molecule has 5 rings (SSSR count). The summed E-state index contributed by atoms with van der Waals surface area (Å²) in [7, 11) is 0. The Morgan fingerprint density at radius 2 is 1.78 bits per heavy atom. The summed E-state index contributed by atoms with van der Waals surface area (Å²) in [4.78, 5) is 41.9. The summed E-state index contributed by atoms with van der Waals surface area (Å²) in [5.41, 5.74) is 1.17. The van der Waals surface area contributed by atoms with Crippen LogP contribution in [-0.4, -0.2) is 23.4 Å². The zero-order valence-electron chi connectivity index (χ0n) is 19.2. The lowest BCUT2D eigenvalue weighted by Gasteiger charge is -2.13. The first kappa shape index (κ1) is 24.2. The van der Waals surface area contributed by atoms with Crippen LogP contribution in [0, 0.1) is 33.7 Å². The average molecular weight is 516 g/mol. The van der Waals surface area contributed by atoms with Gasteiger partial charge in [0.05, 0.1) is 5.41 Å². The zero-order chi connectivity index (χ0) is 26.2. The SMILES string of the molecule is C#Cc1ccc(C(=O)c2c(-c3ccc(F)cc3)sc3cc(OC(=O)C4(CO[N+](=O)[O-])CC4)ccc23)cc1. The number of esters is 1. The molecule has 7 nitrogen and oxygen atoms in total. The van der Waals surface area contributed by atoms with Gasteiger partial charge in [-0.1, -0.05) is 18.1 Å². The van der Waals surface area contributed by atoms with E-state index in [2.05, 4.69) is 10.8 Å². The van der Waals surface area contributed by atoms with Crippen LogP contribution in [0.4, 0.5) is 4.39 Å². The second kappa shape index (κ2) is 9.48. The molecule has 37 heavy (non-hydrogen) atoms. The second-order valence-electron chi connectivity index (χ2n) is 8.69. The van der Waals surface area contributed by atoms with E-state index in [0.717, 1.165) is 0 Å². The van der Waals surface area contributed by atoms with E-state index in [1.807, 2.05) is 0 Å². The Balaban J connectivity index is 1.53. The maximum atomic E-state index is 13.6. The number of nitrogens with zero attached hydrogens (tertiary/aromatic N) is 1. The van der Waals surface area contributed by atoms with Gasteiger partial charge in [-0.3, -0.25) is 9.59 Å². The molecular weight excluding hydrogens is 497 g/mol. The van der Waals surface area contributed by atoms with E-state index in [1.54, 1.807) is 54.6 Å². The first-order valence-corrected chi connectivity index (χ1v) is 12.0. The molecule has 1 aliphatic rings. The standard InChI is InChI=1S/C28H18FNO6S/c1-2-17-3-5-18(6-4-17)25(31)24-22-12-11-21(36-27(32)28(13-14-28)16-35-30(33)34)15-23(22)37-26(24)19-7-9-20(29)10-8-19/h1,3-12,15H,13-14,16H2. The van der Waals surface area contributed by atoms with Crippen molar-refractivity contribution in [3.8, 4) is 28.5 Å². The highest BCUT2D eigenvalue weighted by molar-refractivity contribution is 7.22. The molecule has 1 saturated carbocycles. The third-order valence-corrected chi connectivity index (χ3v) is 7.45. The number of fused-ring (bicyclic) bond motifs is 1. The number of hydrogen-bond donors (Lipinski definition) is 0. The molecule has 0 spiro atoms. The molecule has 0 radical (unpaired) electrons. The van der Waals surface area contributed by atoms with Crippen LogP contribution in [0.2, 0.25) is 0 Å². The molecule has 9 heteroatoms. The number of benzene rings is 3. The minimum absolute atomic E-state index is 0.229. The maximum absolute atomic E-state index is 13.6. The van der Waals surface area contributed by atoms with Crippen molar-refractivity contribution in [1.29, 1.82) is 0 Å². The van der Waals surface area contributed by atoms with Gasteiger partial charge in [-0.2, -0.15) is 0 Å². The molecule has 4 aromatic rings. The van der Waals surface area contributed by atoms with Crippen LogP contribution in [0.15, 0.2) is 66.7 Å². The van der Waals surface area contributed by atoms with Gasteiger partial charge in [0.15, 0.2) is 5.78 Å². The second-order valence-corrected chi connectivity index (χ2v) is 9.74. The fraction of sp³-hybridized carbons (Fsp3) is 0.143. The third kappa shape index (κ3) is 4.79. The number of ketones is 1. The van der Waals surface area contributed by atoms with Crippen LogP contribution >= 0.6 is 11.3 Å². The molecule has 0 N–H and O–H groups in total. The number of ether oxygens (including phenoxy) is 1. The van der Waals surface area contributed by atoms with Gasteiger partial charge in [0.25, 0.3) is 5.09 Å². The lowest BCUT2D eigenvalue weighted by Crippen LogP contribution is -2.27. The summed E-state index contributed by atoms with van der Waals surface area (Å²) in [5, 5.41) is 10.3. The summed E-state index contributed by atoms with van der Waals surface area (Å²) in [6.07, 6.45) is 6.30. The Morgan fingerprint density at radius 3 is 2.41 bits per heavy atom. The minimum Gasteiger partial charge on any atom is -0.426 e. The van der Waals surface area contributed by atoms with Crippen molar-refractivity contribution in [1.82, 2.24) is 0 Å². The topological polar surface area (TPSA) is 95.7 Å². The lowest BCUT2D eigenvalue weighted by molar-refractivity contribution is -0.759. The van der Waals surface area contributed by atoms with Gasteiger partial charge in [-0.15, -0.1) is 27.9 Å². The van der Waals surface area contributed by atoms with Gasteiger partial charge in [0, 0.05) is 31.7 Å². The summed E-state index contributed by atoms with van der Waals surface area (Å²) in [5.74, 6) is 1.54. The third-order valence-electron chi connectivity index (χ3n) is 6.25. The number of carbonyl (C=O) groups is 2. The van der Waals surface area contributed by atoms with E-state index in [0.29, 0.717) is 50.1 Å². The monoisotopic (exact) mass is 515 g/mol. The van der Waals surface area contributed by atoms with Crippen LogP contribution in [-0.2, 0) is 9.63 Å². The molecule has 3 aromatic carbocycles. The van der Waals surface area contributed by atoms with Crippen molar-refractivity contribution in [2.75, 3.05) is 6.61 Å². The molecule has 1 aliphatic carbocycles. The van der Waals surface area contributed by atoms with Gasteiger partial charge in [0.1, 0.15) is 18.2 Å². The summed E-state index contributed by atoms with van der Waals surface area (Å²) in [6, 6.07) is 17.5. The van der Waals surface area contributed by atoms with Crippen LogP contribution in [0.25, 0.3) is 20.5 Å². The highest BCUT2D eigenvalue weighted by Gasteiger charge is 2.52. The molecule has 184 valence electrons. The predicted octanol–water partition coefficient (Wildman–Crippen LogP) is 5.81. The van der Waals surface area contributed by atoms with Crippen molar-refractivity contribution in [3.63, 3.8) is 0 Å². The first-order chi connectivity index (χ1) is 17.8. The van der Waals surface area contributed by atoms with E-state index in [1.165, 1.54) is 23.5 Å².